The van der Waals surface area contributed by atoms with E-state index < -0.39 is 0 Å². The van der Waals surface area contributed by atoms with E-state index in [4.69, 9.17) is 0 Å². The van der Waals surface area contributed by atoms with Gasteiger partial charge in [0.05, 0.1) is 0 Å². The number of nitrogens with one attached hydrogen (secondary N) is 2. The Labute approximate surface area is 140 Å². The Morgan fingerprint density at radius 1 is 1.17 bits per heavy atom. The highest BCUT2D eigenvalue weighted by Gasteiger charge is 2.15. The second kappa shape index (κ2) is 6.57. The highest BCUT2D eigenvalue weighted by molar-refractivity contribution is 5.79. The number of halogens is 1. The van der Waals surface area contributed by atoms with E-state index >= 15 is 0 Å². The number of allylic oxidation sites excluding steroid dienone is 1. The predicted molar refractivity (Wildman–Crippen MR) is 94.9 cm³/mol. The quantitative estimate of drug-likeness (QED) is 0.746. The van der Waals surface area contributed by atoms with Crippen molar-refractivity contribution in [3.63, 3.8) is 0 Å². The summed E-state index contributed by atoms with van der Waals surface area (Å²) in [5, 5.41) is 4.84. The minimum Gasteiger partial charge on any atom is -0.346 e. The lowest BCUT2D eigenvalue weighted by Gasteiger charge is -2.23. The van der Waals surface area contributed by atoms with Crippen molar-refractivity contribution >= 4 is 16.6 Å². The molecule has 0 saturated heterocycles. The number of fused-ring (bicyclic) bond motifs is 1. The lowest BCUT2D eigenvalue weighted by Crippen LogP contribution is -2.29. The number of nitrogens with zero attached hydrogens (tertiary/aromatic N) is 1. The van der Waals surface area contributed by atoms with Crippen molar-refractivity contribution in [3.8, 4) is 0 Å². The Balaban J connectivity index is 1.39. The lowest BCUT2D eigenvalue weighted by molar-refractivity contribution is 0.479. The molecule has 0 bridgehead atoms. The normalized spacial score (nSPS) is 17.9. The summed E-state index contributed by atoms with van der Waals surface area (Å²) < 4.78 is 13.0. The molecular weight excluding hydrogens is 301 g/mol. The van der Waals surface area contributed by atoms with Crippen LogP contribution in [0.1, 0.15) is 30.4 Å². The summed E-state index contributed by atoms with van der Waals surface area (Å²) in [6.45, 7) is 0.848. The van der Waals surface area contributed by atoms with Gasteiger partial charge in [-0.15, -0.1) is 0 Å². The van der Waals surface area contributed by atoms with E-state index in [2.05, 4.69) is 33.5 Å². The van der Waals surface area contributed by atoms with E-state index in [1.807, 2.05) is 24.5 Å². The second-order valence-corrected chi connectivity index (χ2v) is 6.30. The first kappa shape index (κ1) is 15.1. The molecule has 4 heteroatoms. The van der Waals surface area contributed by atoms with Gasteiger partial charge in [0.1, 0.15) is 11.5 Å². The molecule has 3 aromatic rings. The molecule has 1 aromatic carbocycles. The van der Waals surface area contributed by atoms with Gasteiger partial charge in [-0.25, -0.2) is 9.37 Å². The minimum atomic E-state index is -0.178. The third-order valence-corrected chi connectivity index (χ3v) is 4.76. The molecule has 2 aromatic heterocycles. The van der Waals surface area contributed by atoms with Crippen molar-refractivity contribution < 1.29 is 4.39 Å². The molecule has 2 heterocycles. The summed E-state index contributed by atoms with van der Waals surface area (Å²) in [5.41, 5.74) is 4.67. The fourth-order valence-corrected chi connectivity index (χ4v) is 3.37. The molecule has 1 aliphatic rings. The maximum Gasteiger partial charge on any atom is 0.137 e. The van der Waals surface area contributed by atoms with Gasteiger partial charge in [0.15, 0.2) is 0 Å². The van der Waals surface area contributed by atoms with Crippen molar-refractivity contribution in [2.24, 2.45) is 0 Å². The Hall–Kier alpha value is -2.46. The van der Waals surface area contributed by atoms with E-state index in [1.54, 1.807) is 0 Å². The minimum absolute atomic E-state index is 0.178. The predicted octanol–water partition coefficient (Wildman–Crippen LogP) is 4.43. The van der Waals surface area contributed by atoms with Gasteiger partial charge in [-0.05, 0) is 60.2 Å². The molecule has 0 spiro atoms. The number of benzene rings is 1. The smallest absolute Gasteiger partial charge is 0.137 e. The van der Waals surface area contributed by atoms with Gasteiger partial charge >= 0.3 is 0 Å². The van der Waals surface area contributed by atoms with Crippen LogP contribution in [0.3, 0.4) is 0 Å². The Bertz CT molecular complexity index is 864. The van der Waals surface area contributed by atoms with Crippen LogP contribution in [0.5, 0.6) is 0 Å². The van der Waals surface area contributed by atoms with E-state index in [1.165, 1.54) is 28.7 Å². The zero-order chi connectivity index (χ0) is 16.4. The molecule has 0 saturated carbocycles. The molecule has 4 rings (SSSR count). The van der Waals surface area contributed by atoms with Crippen LogP contribution in [-0.2, 0) is 6.54 Å². The maximum absolute atomic E-state index is 13.0. The molecule has 122 valence electrons. The van der Waals surface area contributed by atoms with E-state index in [0.717, 1.165) is 37.0 Å². The average molecular weight is 321 g/mol. The van der Waals surface area contributed by atoms with Crippen LogP contribution < -0.4 is 5.32 Å². The van der Waals surface area contributed by atoms with Crippen LogP contribution in [-0.4, -0.2) is 16.0 Å². The molecule has 1 atom stereocenters. The van der Waals surface area contributed by atoms with Crippen LogP contribution >= 0.6 is 0 Å². The molecule has 1 unspecified atom stereocenters. The lowest BCUT2D eigenvalue weighted by atomic mass is 9.90. The molecular formula is C20H20FN3. The van der Waals surface area contributed by atoms with Gasteiger partial charge in [-0.3, -0.25) is 0 Å². The van der Waals surface area contributed by atoms with Crippen LogP contribution in [0.15, 0.2) is 54.9 Å². The summed E-state index contributed by atoms with van der Waals surface area (Å²) in [5.74, 6) is -0.178. The van der Waals surface area contributed by atoms with Crippen molar-refractivity contribution in [2.75, 3.05) is 0 Å². The van der Waals surface area contributed by atoms with Crippen molar-refractivity contribution in [2.45, 2.75) is 31.8 Å². The van der Waals surface area contributed by atoms with Crippen molar-refractivity contribution in [3.05, 3.63) is 71.8 Å². The van der Waals surface area contributed by atoms with Gasteiger partial charge in [-0.2, -0.15) is 0 Å². The molecule has 3 nitrogen and oxygen atoms in total. The zero-order valence-electron chi connectivity index (χ0n) is 13.4. The third kappa shape index (κ3) is 3.10. The largest absolute Gasteiger partial charge is 0.346 e. The van der Waals surface area contributed by atoms with Crippen LogP contribution in [0.2, 0.25) is 0 Å². The number of pyridine rings is 1. The molecule has 0 fully saturated rings. The maximum atomic E-state index is 13.0. The molecule has 0 radical (unpaired) electrons. The second-order valence-electron chi connectivity index (χ2n) is 6.30. The first-order chi connectivity index (χ1) is 11.8. The summed E-state index contributed by atoms with van der Waals surface area (Å²) in [4.78, 5) is 7.48. The molecule has 24 heavy (non-hydrogen) atoms. The SMILES string of the molecule is Fc1ccc(C2=CCC(NCc3ccnc4[nH]ccc34)CC2)cc1. The summed E-state index contributed by atoms with van der Waals surface area (Å²) in [7, 11) is 0. The van der Waals surface area contributed by atoms with Crippen LogP contribution in [0, 0.1) is 5.82 Å². The first-order valence-electron chi connectivity index (χ1n) is 8.39. The van der Waals surface area contributed by atoms with Crippen molar-refractivity contribution in [1.29, 1.82) is 0 Å². The van der Waals surface area contributed by atoms with Gasteiger partial charge in [0, 0.05) is 30.4 Å². The third-order valence-electron chi connectivity index (χ3n) is 4.76. The standard InChI is InChI=1S/C20H20FN3/c21-17-5-1-14(2-6-17)15-3-7-18(8-4-15)24-13-16-9-11-22-20-19(16)10-12-23-20/h1-3,5-6,9-12,18,24H,4,7-8,13H2,(H,22,23). The number of rotatable bonds is 4. The number of aromatic amines is 1. The Morgan fingerprint density at radius 2 is 2.04 bits per heavy atom. The zero-order valence-corrected chi connectivity index (χ0v) is 13.4. The van der Waals surface area contributed by atoms with Crippen molar-refractivity contribution in [1.82, 2.24) is 15.3 Å². The first-order valence-corrected chi connectivity index (χ1v) is 8.39. The van der Waals surface area contributed by atoms with E-state index in [0.29, 0.717) is 6.04 Å². The highest BCUT2D eigenvalue weighted by atomic mass is 19.1. The van der Waals surface area contributed by atoms with Crippen LogP contribution in [0.25, 0.3) is 16.6 Å². The molecule has 2 N–H and O–H groups in total. The average Bonchev–Trinajstić information content (AvgIpc) is 3.10. The van der Waals surface area contributed by atoms with Gasteiger partial charge in [0.25, 0.3) is 0 Å². The Morgan fingerprint density at radius 3 is 2.83 bits per heavy atom. The highest BCUT2D eigenvalue weighted by Crippen LogP contribution is 2.27. The number of H-pyrrole nitrogens is 1. The fraction of sp³-hybridized carbons (Fsp3) is 0.250. The fourth-order valence-electron chi connectivity index (χ4n) is 3.37. The molecule has 0 amide bonds. The van der Waals surface area contributed by atoms with Gasteiger partial charge in [-0.1, -0.05) is 18.2 Å². The summed E-state index contributed by atoms with van der Waals surface area (Å²) in [6, 6.07) is 11.4. The van der Waals surface area contributed by atoms with Gasteiger partial charge < -0.3 is 10.3 Å². The molecule has 1 aliphatic carbocycles. The number of hydrogen-bond acceptors (Lipinski definition) is 2. The Kier molecular flexibility index (Phi) is 4.13. The summed E-state index contributed by atoms with van der Waals surface area (Å²) in [6.07, 6.45) is 9.20. The number of aromatic nitrogens is 2. The van der Waals surface area contributed by atoms with E-state index in [-0.39, 0.29) is 5.82 Å². The monoisotopic (exact) mass is 321 g/mol. The van der Waals surface area contributed by atoms with E-state index in [9.17, 15) is 4.39 Å². The molecule has 0 aliphatic heterocycles. The number of hydrogen-bond donors (Lipinski definition) is 2. The topological polar surface area (TPSA) is 40.7 Å². The summed E-state index contributed by atoms with van der Waals surface area (Å²) >= 11 is 0. The van der Waals surface area contributed by atoms with Crippen LogP contribution in [0.4, 0.5) is 4.39 Å². The van der Waals surface area contributed by atoms with Gasteiger partial charge in [0.2, 0.25) is 0 Å².